The lowest BCUT2D eigenvalue weighted by atomic mass is 10.2. The normalized spacial score (nSPS) is 14.7. The lowest BCUT2D eigenvalue weighted by Gasteiger charge is -2.17. The lowest BCUT2D eigenvalue weighted by molar-refractivity contribution is 0.400. The largest absolute Gasteiger partial charge is 0.495 e. The molecule has 1 aliphatic heterocycles. The Labute approximate surface area is 147 Å². The molecule has 0 unspecified atom stereocenters. The molecule has 0 atom stereocenters. The van der Waals surface area contributed by atoms with E-state index in [4.69, 9.17) is 4.74 Å². The molecule has 134 valence electrons. The van der Waals surface area contributed by atoms with Crippen molar-refractivity contribution in [3.63, 3.8) is 0 Å². The summed E-state index contributed by atoms with van der Waals surface area (Å²) in [6.45, 7) is 2.25. The van der Waals surface area contributed by atoms with Crippen molar-refractivity contribution in [2.45, 2.75) is 24.3 Å². The van der Waals surface area contributed by atoms with Crippen molar-refractivity contribution in [3.05, 3.63) is 53.8 Å². The molecular weight excluding hydrogens is 343 g/mol. The minimum Gasteiger partial charge on any atom is -0.495 e. The van der Waals surface area contributed by atoms with Gasteiger partial charge in [-0.25, -0.2) is 17.5 Å². The van der Waals surface area contributed by atoms with Crippen LogP contribution < -0.4 is 14.4 Å². The second-order valence-electron chi connectivity index (χ2n) is 5.98. The molecule has 0 saturated carbocycles. The third-order valence-electron chi connectivity index (χ3n) is 4.29. The number of benzene rings is 2. The number of anilines is 1. The maximum Gasteiger partial charge on any atom is 0.244 e. The summed E-state index contributed by atoms with van der Waals surface area (Å²) >= 11 is 0. The molecule has 0 radical (unpaired) electrons. The molecule has 3 rings (SSSR count). The van der Waals surface area contributed by atoms with E-state index in [1.165, 1.54) is 26.0 Å². The van der Waals surface area contributed by atoms with E-state index >= 15 is 0 Å². The summed E-state index contributed by atoms with van der Waals surface area (Å²) in [5, 5.41) is 0. The fourth-order valence-electron chi connectivity index (χ4n) is 2.92. The van der Waals surface area contributed by atoms with Crippen molar-refractivity contribution in [2.24, 2.45) is 0 Å². The molecule has 2 aromatic carbocycles. The molecule has 25 heavy (non-hydrogen) atoms. The van der Waals surface area contributed by atoms with Crippen LogP contribution in [0, 0.1) is 5.82 Å². The minimum absolute atomic E-state index is 0.110. The van der Waals surface area contributed by atoms with Gasteiger partial charge in [-0.3, -0.25) is 0 Å². The summed E-state index contributed by atoms with van der Waals surface area (Å²) in [5.41, 5.74) is 1.98. The fraction of sp³-hybridized carbons (Fsp3) is 0.333. The van der Waals surface area contributed by atoms with E-state index in [2.05, 4.69) is 9.62 Å². The van der Waals surface area contributed by atoms with E-state index in [1.54, 1.807) is 0 Å². The highest BCUT2D eigenvalue weighted by atomic mass is 32.2. The summed E-state index contributed by atoms with van der Waals surface area (Å²) in [7, 11) is -2.52. The van der Waals surface area contributed by atoms with Gasteiger partial charge in [-0.05, 0) is 48.7 Å². The van der Waals surface area contributed by atoms with Crippen molar-refractivity contribution >= 4 is 15.7 Å². The van der Waals surface area contributed by atoms with Gasteiger partial charge < -0.3 is 9.64 Å². The molecule has 2 aromatic rings. The van der Waals surface area contributed by atoms with E-state index in [0.717, 1.165) is 36.5 Å². The first kappa shape index (κ1) is 17.7. The van der Waals surface area contributed by atoms with E-state index in [1.807, 2.05) is 24.3 Å². The smallest absolute Gasteiger partial charge is 0.244 e. The first-order valence-electron chi connectivity index (χ1n) is 8.17. The molecule has 0 bridgehead atoms. The van der Waals surface area contributed by atoms with Crippen LogP contribution in [0.3, 0.4) is 0 Å². The summed E-state index contributed by atoms with van der Waals surface area (Å²) in [5.74, 6) is -0.519. The zero-order chi connectivity index (χ0) is 17.9. The molecule has 0 amide bonds. The highest BCUT2D eigenvalue weighted by molar-refractivity contribution is 7.89. The quantitative estimate of drug-likeness (QED) is 0.856. The Morgan fingerprint density at radius 3 is 2.44 bits per heavy atom. The van der Waals surface area contributed by atoms with Gasteiger partial charge in [0.25, 0.3) is 0 Å². The van der Waals surface area contributed by atoms with Crippen LogP contribution in [-0.2, 0) is 16.6 Å². The van der Waals surface area contributed by atoms with E-state index in [-0.39, 0.29) is 17.2 Å². The molecule has 0 spiro atoms. The number of nitrogens with zero attached hydrogens (tertiary/aromatic N) is 1. The Morgan fingerprint density at radius 2 is 1.80 bits per heavy atom. The predicted molar refractivity (Wildman–Crippen MR) is 94.9 cm³/mol. The Morgan fingerprint density at radius 1 is 1.12 bits per heavy atom. The van der Waals surface area contributed by atoms with Crippen molar-refractivity contribution in [3.8, 4) is 5.75 Å². The number of nitrogens with one attached hydrogen (secondary N) is 1. The second-order valence-corrected chi connectivity index (χ2v) is 7.72. The van der Waals surface area contributed by atoms with Crippen LogP contribution in [0.2, 0.25) is 0 Å². The fourth-order valence-corrected chi connectivity index (χ4v) is 4.11. The Bertz CT molecular complexity index is 832. The van der Waals surface area contributed by atoms with Crippen LogP contribution in [0.4, 0.5) is 10.1 Å². The molecule has 7 heteroatoms. The van der Waals surface area contributed by atoms with Crippen molar-refractivity contribution < 1.29 is 17.5 Å². The Hall–Kier alpha value is -2.12. The third-order valence-corrected chi connectivity index (χ3v) is 5.71. The highest BCUT2D eigenvalue weighted by Gasteiger charge is 2.20. The molecule has 0 aromatic heterocycles. The van der Waals surface area contributed by atoms with Crippen molar-refractivity contribution in [2.75, 3.05) is 25.1 Å². The summed E-state index contributed by atoms with van der Waals surface area (Å²) in [4.78, 5) is 2.11. The molecule has 1 fully saturated rings. The third kappa shape index (κ3) is 4.11. The van der Waals surface area contributed by atoms with Gasteiger partial charge in [0.1, 0.15) is 16.5 Å². The summed E-state index contributed by atoms with van der Waals surface area (Å²) < 4.78 is 45.8. The number of sulfonamides is 1. The standard InChI is InChI=1S/C18H21FN2O3S/c1-24-17-9-6-15(19)12-18(17)25(22,23)20-13-14-4-7-16(8-5-14)21-10-2-3-11-21/h4-9,12,20H,2-3,10-11,13H2,1H3. The van der Waals surface area contributed by atoms with Crippen LogP contribution in [0.5, 0.6) is 5.75 Å². The second kappa shape index (κ2) is 7.41. The van der Waals surface area contributed by atoms with Gasteiger partial charge in [0.15, 0.2) is 0 Å². The van der Waals surface area contributed by atoms with Gasteiger partial charge in [-0.1, -0.05) is 12.1 Å². The molecular formula is C18H21FN2O3S. The first-order chi connectivity index (χ1) is 12.0. The van der Waals surface area contributed by atoms with Crippen LogP contribution in [0.25, 0.3) is 0 Å². The molecule has 1 aliphatic rings. The van der Waals surface area contributed by atoms with E-state index in [0.29, 0.717) is 0 Å². The Balaban J connectivity index is 1.71. The van der Waals surface area contributed by atoms with Crippen molar-refractivity contribution in [1.29, 1.82) is 0 Å². The van der Waals surface area contributed by atoms with Gasteiger partial charge in [-0.2, -0.15) is 0 Å². The summed E-state index contributed by atoms with van der Waals surface area (Å²) in [6, 6.07) is 11.2. The number of rotatable bonds is 6. The zero-order valence-electron chi connectivity index (χ0n) is 14.0. The monoisotopic (exact) mass is 364 g/mol. The predicted octanol–water partition coefficient (Wildman–Crippen LogP) is 2.91. The summed E-state index contributed by atoms with van der Waals surface area (Å²) in [6.07, 6.45) is 2.41. The SMILES string of the molecule is COc1ccc(F)cc1S(=O)(=O)NCc1ccc(N2CCCC2)cc1. The molecule has 1 heterocycles. The number of hydrogen-bond donors (Lipinski definition) is 1. The number of halogens is 1. The maximum atomic E-state index is 13.4. The topological polar surface area (TPSA) is 58.6 Å². The van der Waals surface area contributed by atoms with Gasteiger partial charge in [-0.15, -0.1) is 0 Å². The molecule has 1 saturated heterocycles. The average Bonchev–Trinajstić information content (AvgIpc) is 3.15. The number of hydrogen-bond acceptors (Lipinski definition) is 4. The van der Waals surface area contributed by atoms with Gasteiger partial charge in [0.2, 0.25) is 10.0 Å². The van der Waals surface area contributed by atoms with Gasteiger partial charge in [0.05, 0.1) is 7.11 Å². The lowest BCUT2D eigenvalue weighted by Crippen LogP contribution is -2.24. The molecule has 5 nitrogen and oxygen atoms in total. The zero-order valence-corrected chi connectivity index (χ0v) is 14.9. The number of ether oxygens (including phenoxy) is 1. The average molecular weight is 364 g/mol. The molecule has 0 aliphatic carbocycles. The van der Waals surface area contributed by atoms with Crippen LogP contribution in [0.15, 0.2) is 47.4 Å². The maximum absolute atomic E-state index is 13.4. The molecule has 1 N–H and O–H groups in total. The number of methoxy groups -OCH3 is 1. The highest BCUT2D eigenvalue weighted by Crippen LogP contribution is 2.25. The Kier molecular flexibility index (Phi) is 5.24. The van der Waals surface area contributed by atoms with Gasteiger partial charge >= 0.3 is 0 Å². The van der Waals surface area contributed by atoms with Gasteiger partial charge in [0, 0.05) is 25.3 Å². The van der Waals surface area contributed by atoms with E-state index in [9.17, 15) is 12.8 Å². The van der Waals surface area contributed by atoms with Crippen molar-refractivity contribution in [1.82, 2.24) is 4.72 Å². The van der Waals surface area contributed by atoms with E-state index < -0.39 is 15.8 Å². The van der Waals surface area contributed by atoms with Crippen LogP contribution >= 0.6 is 0 Å². The van der Waals surface area contributed by atoms with Crippen LogP contribution in [-0.4, -0.2) is 28.6 Å². The van der Waals surface area contributed by atoms with Crippen LogP contribution in [0.1, 0.15) is 18.4 Å². The minimum atomic E-state index is -3.87. The first-order valence-corrected chi connectivity index (χ1v) is 9.65.